The number of nitrogens with zero attached hydrogens (tertiary/aromatic N) is 2. The average molecular weight is 632 g/mol. The number of allylic oxidation sites excluding steroid dienone is 2. The van der Waals surface area contributed by atoms with Gasteiger partial charge in [0, 0.05) is 30.4 Å². The van der Waals surface area contributed by atoms with Crippen molar-refractivity contribution < 1.29 is 69.2 Å². The molecule has 2 aliphatic rings. The van der Waals surface area contributed by atoms with Gasteiger partial charge in [0.25, 0.3) is 5.52 Å². The zero-order valence-electron chi connectivity index (χ0n) is 23.7. The predicted molar refractivity (Wildman–Crippen MR) is 155 cm³/mol. The number of hydrogen-bond donors (Lipinski definition) is 0. The summed E-state index contributed by atoms with van der Waals surface area (Å²) in [4.78, 5) is 0. The van der Waals surface area contributed by atoms with Crippen LogP contribution in [-0.4, -0.2) is 43.6 Å². The fraction of sp³-hybridized carbons (Fsp3) is 0.233. The van der Waals surface area contributed by atoms with Crippen LogP contribution < -0.4 is 43.3 Å². The Morgan fingerprint density at radius 1 is 1.00 bits per heavy atom. The summed E-state index contributed by atoms with van der Waals surface area (Å²) in [6.45, 7) is 2.51. The van der Waals surface area contributed by atoms with Gasteiger partial charge >= 0.3 is 41.3 Å². The Kier molecular flexibility index (Phi) is 8.78. The van der Waals surface area contributed by atoms with Crippen molar-refractivity contribution in [1.29, 1.82) is 0 Å². The van der Waals surface area contributed by atoms with Crippen LogP contribution >= 0.6 is 0 Å². The summed E-state index contributed by atoms with van der Waals surface area (Å²) < 4.78 is 84.2. The summed E-state index contributed by atoms with van der Waals surface area (Å²) in [5.74, 6) is 0.697. The monoisotopic (exact) mass is 631 g/mol. The Bertz CT molecular complexity index is 1970. The van der Waals surface area contributed by atoms with E-state index < -0.39 is 31.4 Å². The molecule has 0 N–H and O–H groups in total. The van der Waals surface area contributed by atoms with Crippen LogP contribution in [0.15, 0.2) is 89.2 Å². The molecule has 3 aromatic carbocycles. The van der Waals surface area contributed by atoms with Crippen LogP contribution in [0.5, 0.6) is 5.75 Å². The van der Waals surface area contributed by atoms with Gasteiger partial charge in [-0.1, -0.05) is 42.5 Å². The van der Waals surface area contributed by atoms with Gasteiger partial charge in [0.2, 0.25) is 5.58 Å². The molecule has 13 heteroatoms. The molecule has 218 valence electrons. The maximum atomic E-state index is 12.2. The van der Waals surface area contributed by atoms with E-state index in [4.69, 9.17) is 9.15 Å². The first-order valence-electron chi connectivity index (χ1n) is 13.4. The van der Waals surface area contributed by atoms with Gasteiger partial charge in [-0.2, -0.15) is 4.57 Å². The van der Waals surface area contributed by atoms with Crippen LogP contribution in [0.25, 0.3) is 28.3 Å². The first kappa shape index (κ1) is 31.6. The molecule has 0 amide bonds. The van der Waals surface area contributed by atoms with Gasteiger partial charge in [0.15, 0.2) is 33.5 Å². The second-order valence-corrected chi connectivity index (χ2v) is 13.6. The minimum Gasteiger partial charge on any atom is -0.748 e. The van der Waals surface area contributed by atoms with Crippen molar-refractivity contribution in [3.63, 3.8) is 0 Å². The van der Waals surface area contributed by atoms with Crippen molar-refractivity contribution in [2.24, 2.45) is 0 Å². The van der Waals surface area contributed by atoms with Gasteiger partial charge in [-0.25, -0.2) is 21.3 Å². The number of fused-ring (bicyclic) bond motifs is 3. The second-order valence-electron chi connectivity index (χ2n) is 10.5. The normalized spacial score (nSPS) is 20.7. The molecule has 0 saturated carbocycles. The van der Waals surface area contributed by atoms with E-state index in [0.717, 1.165) is 22.2 Å². The minimum absolute atomic E-state index is 0. The molecule has 0 radical (unpaired) electrons. The topological polar surface area (TPSA) is 141 Å². The van der Waals surface area contributed by atoms with Crippen LogP contribution in [0, 0.1) is 6.92 Å². The van der Waals surface area contributed by atoms with Crippen LogP contribution in [0.4, 0.5) is 5.69 Å². The van der Waals surface area contributed by atoms with Gasteiger partial charge in [0.05, 0.1) is 29.2 Å². The van der Waals surface area contributed by atoms with E-state index in [9.17, 15) is 25.9 Å². The molecule has 43 heavy (non-hydrogen) atoms. The largest absolute Gasteiger partial charge is 1.00 e. The van der Waals surface area contributed by atoms with E-state index in [1.165, 1.54) is 0 Å². The van der Waals surface area contributed by atoms with Gasteiger partial charge < -0.3 is 18.3 Å². The number of oxazole rings is 1. The van der Waals surface area contributed by atoms with Crippen molar-refractivity contribution in [2.45, 2.75) is 31.7 Å². The van der Waals surface area contributed by atoms with Gasteiger partial charge in [-0.05, 0) is 41.8 Å². The first-order chi connectivity index (χ1) is 20.0. The van der Waals surface area contributed by atoms with E-state index in [1.807, 2.05) is 67.6 Å². The number of aryl methyl sites for hydroxylation is 2. The molecule has 2 aliphatic heterocycles. The molecule has 0 aliphatic carbocycles. The molecule has 1 aromatic heterocycles. The number of aromatic nitrogens is 1. The minimum atomic E-state index is -4.61. The van der Waals surface area contributed by atoms with Crippen LogP contribution in [0.1, 0.15) is 24.3 Å². The van der Waals surface area contributed by atoms with Crippen LogP contribution in [-0.2, 0) is 26.8 Å². The zero-order chi connectivity index (χ0) is 29.7. The van der Waals surface area contributed by atoms with Gasteiger partial charge in [-0.3, -0.25) is 0 Å². The Hall–Kier alpha value is -2.81. The summed E-state index contributed by atoms with van der Waals surface area (Å²) >= 11 is 0. The fourth-order valence-corrected chi connectivity index (χ4v) is 7.42. The standard InChI is InChI=1S/C30H28N2O8S2.Na/c1-21-11-13-25-27(19-21)40-29(32(25)17-15-30(32)42(36,37)38)10-5-9-28-31(16-6-18-41(33,34)35)24-20-23(12-14-26(24)39-28)22-7-3-2-4-8-22;/h2-5,7-14,19-20,30H,6,15-18H2,1H3;/q;+1. The SMILES string of the molecule is Cc1ccc2c(c1)OC(=CC=Cc1oc3ccc(-c4ccccc4)cc3[n+]1CCCS(=O)(=O)[O-])[N+]21CCC1S(=O)(=O)[O-].[Na+]. The molecule has 4 aromatic rings. The van der Waals surface area contributed by atoms with Crippen molar-refractivity contribution in [2.75, 3.05) is 12.3 Å². The van der Waals surface area contributed by atoms with E-state index in [1.54, 1.807) is 28.9 Å². The molecule has 2 atom stereocenters. The Morgan fingerprint density at radius 3 is 2.44 bits per heavy atom. The summed E-state index contributed by atoms with van der Waals surface area (Å²) in [7, 11) is -9.01. The molecular weight excluding hydrogens is 603 g/mol. The van der Waals surface area contributed by atoms with Crippen LogP contribution in [0.3, 0.4) is 0 Å². The van der Waals surface area contributed by atoms with Crippen molar-refractivity contribution in [3.8, 4) is 16.9 Å². The quantitative estimate of drug-likeness (QED) is 0.122. The smallest absolute Gasteiger partial charge is 0.748 e. The fourth-order valence-electron chi connectivity index (χ4n) is 5.78. The number of rotatable bonds is 8. The second kappa shape index (κ2) is 11.9. The third-order valence-electron chi connectivity index (χ3n) is 7.80. The summed E-state index contributed by atoms with van der Waals surface area (Å²) in [6.07, 6.45) is 5.25. The van der Waals surface area contributed by atoms with Crippen molar-refractivity contribution >= 4 is 43.1 Å². The molecule has 1 spiro atoms. The molecule has 1 fully saturated rings. The molecule has 0 bridgehead atoms. The average Bonchev–Trinajstić information content (AvgIpc) is 3.42. The maximum absolute atomic E-state index is 12.2. The van der Waals surface area contributed by atoms with E-state index in [-0.39, 0.29) is 53.4 Å². The molecule has 3 heterocycles. The van der Waals surface area contributed by atoms with Crippen molar-refractivity contribution in [1.82, 2.24) is 4.48 Å². The Balaban J connectivity index is 0.00000368. The number of benzene rings is 3. The van der Waals surface area contributed by atoms with Gasteiger partial charge in [-0.15, -0.1) is 0 Å². The Morgan fingerprint density at radius 2 is 1.77 bits per heavy atom. The number of hydrogen-bond acceptors (Lipinski definition) is 8. The van der Waals surface area contributed by atoms with Crippen molar-refractivity contribution in [3.05, 3.63) is 96.2 Å². The Labute approximate surface area is 272 Å². The van der Waals surface area contributed by atoms with E-state index in [2.05, 4.69) is 0 Å². The van der Waals surface area contributed by atoms with Crippen LogP contribution in [0.2, 0.25) is 0 Å². The molecule has 6 rings (SSSR count). The summed E-state index contributed by atoms with van der Waals surface area (Å²) in [6, 6.07) is 20.9. The number of quaternary nitrogens is 1. The predicted octanol–water partition coefficient (Wildman–Crippen LogP) is 1.16. The van der Waals surface area contributed by atoms with E-state index >= 15 is 0 Å². The first-order valence-corrected chi connectivity index (χ1v) is 16.5. The number of ether oxygens (including phenoxy) is 1. The molecular formula is C30H28N2NaO8S2+. The molecule has 10 nitrogen and oxygen atoms in total. The van der Waals surface area contributed by atoms with Gasteiger partial charge in [0.1, 0.15) is 0 Å². The molecule has 1 saturated heterocycles. The third-order valence-corrected chi connectivity index (χ3v) is 9.85. The zero-order valence-corrected chi connectivity index (χ0v) is 27.3. The summed E-state index contributed by atoms with van der Waals surface area (Å²) in [5, 5.41) is -1.19. The summed E-state index contributed by atoms with van der Waals surface area (Å²) in [5.41, 5.74) is 4.78. The maximum Gasteiger partial charge on any atom is 1.00 e. The van der Waals surface area contributed by atoms with E-state index in [0.29, 0.717) is 35.3 Å². The molecule has 2 unspecified atom stereocenters. The third kappa shape index (κ3) is 6.11.